The fraction of sp³-hybridized carbons (Fsp3) is 0.200. The van der Waals surface area contributed by atoms with Crippen LogP contribution in [-0.4, -0.2) is 23.3 Å². The lowest BCUT2D eigenvalue weighted by atomic mass is 10.1. The molecule has 3 aromatic rings. The third-order valence-electron chi connectivity index (χ3n) is 5.58. The minimum atomic E-state index is -1.30. The normalized spacial score (nSPS) is 18.2. The number of amides is 2. The maximum Gasteiger partial charge on any atom is 0.259 e. The zero-order valence-corrected chi connectivity index (χ0v) is 20.4. The average molecular weight is 522 g/mol. The molecule has 1 aliphatic rings. The summed E-state index contributed by atoms with van der Waals surface area (Å²) in [6.07, 6.45) is 0. The van der Waals surface area contributed by atoms with E-state index in [9.17, 15) is 14.0 Å². The number of para-hydroxylation sites is 1. The standard InChI is InChI=1S/C25H20Cl3FN2O3/c1-13-10-14(12-15(26)11-13)20-21(25(20,27)28)24(33)31-19-5-3-4-18(22(19)34-2)23(32)30-17-8-6-16(29)7-9-17/h3-12,20-21H,1-2H3,(H,30,32)(H,31,33). The van der Waals surface area contributed by atoms with E-state index < -0.39 is 33.8 Å². The second kappa shape index (κ2) is 9.45. The Morgan fingerprint density at radius 2 is 1.74 bits per heavy atom. The molecule has 2 atom stereocenters. The Bertz CT molecular complexity index is 1240. The van der Waals surface area contributed by atoms with Crippen molar-refractivity contribution in [2.45, 2.75) is 17.2 Å². The maximum atomic E-state index is 13.1. The van der Waals surface area contributed by atoms with Crippen LogP contribution in [0.5, 0.6) is 5.75 Å². The Morgan fingerprint density at radius 1 is 1.03 bits per heavy atom. The van der Waals surface area contributed by atoms with Crippen LogP contribution in [0.4, 0.5) is 15.8 Å². The molecule has 0 aliphatic heterocycles. The summed E-state index contributed by atoms with van der Waals surface area (Å²) in [4.78, 5) is 25.9. The van der Waals surface area contributed by atoms with Crippen LogP contribution in [-0.2, 0) is 4.79 Å². The second-order valence-electron chi connectivity index (χ2n) is 8.03. The van der Waals surface area contributed by atoms with Crippen molar-refractivity contribution in [2.24, 2.45) is 5.92 Å². The van der Waals surface area contributed by atoms with Crippen molar-refractivity contribution < 1.29 is 18.7 Å². The summed E-state index contributed by atoms with van der Waals surface area (Å²) in [6.45, 7) is 1.89. The molecule has 1 saturated carbocycles. The van der Waals surface area contributed by atoms with Gasteiger partial charge in [-0.2, -0.15) is 0 Å². The van der Waals surface area contributed by atoms with Crippen LogP contribution in [0, 0.1) is 18.7 Å². The third-order valence-corrected chi connectivity index (χ3v) is 6.74. The average Bonchev–Trinajstić information content (AvgIpc) is 3.36. The van der Waals surface area contributed by atoms with Crippen molar-refractivity contribution in [3.63, 3.8) is 0 Å². The lowest BCUT2D eigenvalue weighted by molar-refractivity contribution is -0.117. The van der Waals surface area contributed by atoms with Crippen LogP contribution in [0.3, 0.4) is 0 Å². The Hall–Kier alpha value is -2.80. The van der Waals surface area contributed by atoms with Crippen LogP contribution in [0.15, 0.2) is 60.7 Å². The molecule has 0 saturated heterocycles. The molecular weight excluding hydrogens is 502 g/mol. The van der Waals surface area contributed by atoms with Crippen LogP contribution < -0.4 is 15.4 Å². The molecular formula is C25H20Cl3FN2O3. The highest BCUT2D eigenvalue weighted by molar-refractivity contribution is 6.53. The van der Waals surface area contributed by atoms with E-state index in [-0.39, 0.29) is 17.0 Å². The summed E-state index contributed by atoms with van der Waals surface area (Å²) in [5, 5.41) is 5.99. The number of rotatable bonds is 6. The Kier molecular flexibility index (Phi) is 6.76. The molecule has 2 unspecified atom stereocenters. The van der Waals surface area contributed by atoms with Gasteiger partial charge in [-0.15, -0.1) is 23.2 Å². The summed E-state index contributed by atoms with van der Waals surface area (Å²) in [5.41, 5.74) is 2.59. The maximum absolute atomic E-state index is 13.1. The first-order valence-corrected chi connectivity index (χ1v) is 11.4. The molecule has 1 fully saturated rings. The number of benzene rings is 3. The fourth-order valence-electron chi connectivity index (χ4n) is 3.99. The number of nitrogens with one attached hydrogen (secondary N) is 2. The van der Waals surface area contributed by atoms with Gasteiger partial charge in [0.1, 0.15) is 10.2 Å². The highest BCUT2D eigenvalue weighted by Crippen LogP contribution is 2.65. The molecule has 34 heavy (non-hydrogen) atoms. The van der Waals surface area contributed by atoms with Crippen molar-refractivity contribution in [3.05, 3.63) is 88.2 Å². The number of hydrogen-bond acceptors (Lipinski definition) is 3. The topological polar surface area (TPSA) is 67.4 Å². The largest absolute Gasteiger partial charge is 0.494 e. The molecule has 5 nitrogen and oxygen atoms in total. The first kappa shape index (κ1) is 24.3. The molecule has 2 N–H and O–H groups in total. The van der Waals surface area contributed by atoms with Crippen molar-refractivity contribution in [1.82, 2.24) is 0 Å². The number of carbonyl (C=O) groups excluding carboxylic acids is 2. The lowest BCUT2D eigenvalue weighted by Gasteiger charge is -2.14. The first-order valence-electron chi connectivity index (χ1n) is 10.3. The minimum Gasteiger partial charge on any atom is -0.494 e. The van der Waals surface area contributed by atoms with Gasteiger partial charge in [-0.3, -0.25) is 9.59 Å². The van der Waals surface area contributed by atoms with E-state index in [1.54, 1.807) is 30.3 Å². The van der Waals surface area contributed by atoms with E-state index in [0.29, 0.717) is 10.7 Å². The third kappa shape index (κ3) is 4.85. The minimum absolute atomic E-state index is 0.168. The number of alkyl halides is 2. The van der Waals surface area contributed by atoms with Crippen molar-refractivity contribution >= 4 is 58.0 Å². The molecule has 0 heterocycles. The summed E-state index contributed by atoms with van der Waals surface area (Å²) >= 11 is 19.1. The van der Waals surface area contributed by atoms with Gasteiger partial charge in [0, 0.05) is 16.6 Å². The van der Waals surface area contributed by atoms with Crippen molar-refractivity contribution in [2.75, 3.05) is 17.7 Å². The van der Waals surface area contributed by atoms with Gasteiger partial charge in [-0.25, -0.2) is 4.39 Å². The van der Waals surface area contributed by atoms with Crippen LogP contribution >= 0.6 is 34.8 Å². The fourth-order valence-corrected chi connectivity index (χ4v) is 5.11. The summed E-state index contributed by atoms with van der Waals surface area (Å²) < 4.78 is 17.3. The molecule has 4 rings (SSSR count). The number of methoxy groups -OCH3 is 1. The summed E-state index contributed by atoms with van der Waals surface area (Å²) in [7, 11) is 1.39. The predicted molar refractivity (Wildman–Crippen MR) is 133 cm³/mol. The second-order valence-corrected chi connectivity index (χ2v) is 9.91. The zero-order valence-electron chi connectivity index (χ0n) is 18.2. The smallest absolute Gasteiger partial charge is 0.259 e. The van der Waals surface area contributed by atoms with Gasteiger partial charge in [0.15, 0.2) is 5.75 Å². The zero-order chi connectivity index (χ0) is 24.6. The highest BCUT2D eigenvalue weighted by atomic mass is 35.5. The van der Waals surface area contributed by atoms with Gasteiger partial charge in [0.25, 0.3) is 5.91 Å². The van der Waals surface area contributed by atoms with E-state index in [2.05, 4.69) is 10.6 Å². The van der Waals surface area contributed by atoms with Gasteiger partial charge >= 0.3 is 0 Å². The van der Waals surface area contributed by atoms with E-state index in [0.717, 1.165) is 11.1 Å². The number of ether oxygens (including phenoxy) is 1. The van der Waals surface area contributed by atoms with Gasteiger partial charge in [-0.1, -0.05) is 23.7 Å². The Morgan fingerprint density at radius 3 is 2.38 bits per heavy atom. The van der Waals surface area contributed by atoms with E-state index in [4.69, 9.17) is 39.5 Å². The van der Waals surface area contributed by atoms with E-state index in [1.165, 1.54) is 31.4 Å². The predicted octanol–water partition coefficient (Wildman–Crippen LogP) is 6.57. The van der Waals surface area contributed by atoms with Gasteiger partial charge in [-0.05, 0) is 66.6 Å². The SMILES string of the molecule is COc1c(NC(=O)C2C(c3cc(C)cc(Cl)c3)C2(Cl)Cl)cccc1C(=O)Nc1ccc(F)cc1. The van der Waals surface area contributed by atoms with Crippen molar-refractivity contribution in [3.8, 4) is 5.75 Å². The Labute approximate surface area is 211 Å². The van der Waals surface area contributed by atoms with Crippen LogP contribution in [0.25, 0.3) is 0 Å². The van der Waals surface area contributed by atoms with Crippen LogP contribution in [0.1, 0.15) is 27.4 Å². The monoisotopic (exact) mass is 520 g/mol. The highest BCUT2D eigenvalue weighted by Gasteiger charge is 2.67. The first-order chi connectivity index (χ1) is 16.1. The van der Waals surface area contributed by atoms with Gasteiger partial charge in [0.2, 0.25) is 5.91 Å². The molecule has 0 spiro atoms. The van der Waals surface area contributed by atoms with Gasteiger partial charge in [0.05, 0.1) is 24.3 Å². The number of aryl methyl sites for hydroxylation is 1. The number of carbonyl (C=O) groups is 2. The van der Waals surface area contributed by atoms with E-state index >= 15 is 0 Å². The summed E-state index contributed by atoms with van der Waals surface area (Å²) in [5.74, 6) is -2.31. The molecule has 176 valence electrons. The molecule has 0 bridgehead atoms. The molecule has 9 heteroatoms. The molecule has 3 aromatic carbocycles. The molecule has 1 aliphatic carbocycles. The number of anilines is 2. The number of halogens is 4. The lowest BCUT2D eigenvalue weighted by Crippen LogP contribution is -2.19. The molecule has 0 aromatic heterocycles. The Balaban J connectivity index is 1.55. The molecule has 0 radical (unpaired) electrons. The molecule has 2 amide bonds. The number of hydrogen-bond donors (Lipinski definition) is 2. The van der Waals surface area contributed by atoms with E-state index in [1.807, 2.05) is 13.0 Å². The van der Waals surface area contributed by atoms with Crippen molar-refractivity contribution in [1.29, 1.82) is 0 Å². The van der Waals surface area contributed by atoms with Crippen LogP contribution in [0.2, 0.25) is 5.02 Å². The van der Waals surface area contributed by atoms with Gasteiger partial charge < -0.3 is 15.4 Å². The quantitative estimate of drug-likeness (QED) is 0.360. The summed E-state index contributed by atoms with van der Waals surface area (Å²) in [6, 6.07) is 15.6.